The molecule has 3 aromatic heterocycles. The summed E-state index contributed by atoms with van der Waals surface area (Å²) in [6, 6.07) is 25.3. The van der Waals surface area contributed by atoms with Crippen molar-refractivity contribution in [3.8, 4) is 0 Å². The van der Waals surface area contributed by atoms with Crippen LogP contribution < -0.4 is 5.32 Å². The molecule has 63 heavy (non-hydrogen) atoms. The van der Waals surface area contributed by atoms with E-state index >= 15 is 0 Å². The normalized spacial score (nSPS) is 18.5. The smallest absolute Gasteiger partial charge is 0.329 e. The first-order valence-corrected chi connectivity index (χ1v) is 24.4. The van der Waals surface area contributed by atoms with Gasteiger partial charge in [0, 0.05) is 53.4 Å². The van der Waals surface area contributed by atoms with E-state index in [2.05, 4.69) is 93.1 Å². The van der Waals surface area contributed by atoms with E-state index in [9.17, 15) is 19.8 Å². The summed E-state index contributed by atoms with van der Waals surface area (Å²) in [6.07, 6.45) is 4.47. The number of ether oxygens (including phenoxy) is 3. The number of carboxylic acids is 1. The fourth-order valence-electron chi connectivity index (χ4n) is 7.70. The third-order valence-corrected chi connectivity index (χ3v) is 13.8. The van der Waals surface area contributed by atoms with Crippen molar-refractivity contribution in [3.63, 3.8) is 0 Å². The third-order valence-electron chi connectivity index (χ3n) is 11.1. The number of benzene rings is 3. The number of nitrogens with zero attached hydrogens (tertiary/aromatic N) is 2. The van der Waals surface area contributed by atoms with Crippen molar-refractivity contribution in [1.29, 1.82) is 0 Å². The summed E-state index contributed by atoms with van der Waals surface area (Å²) in [6.45, 7) is 7.98. The van der Waals surface area contributed by atoms with Crippen LogP contribution >= 0.6 is 34.0 Å². The van der Waals surface area contributed by atoms with Crippen LogP contribution in [0.5, 0.6) is 0 Å². The van der Waals surface area contributed by atoms with E-state index in [1.807, 2.05) is 6.07 Å². The van der Waals surface area contributed by atoms with Gasteiger partial charge < -0.3 is 44.9 Å². The molecule has 12 nitrogen and oxygen atoms in total. The number of likely N-dealkylation sites (tertiary alicyclic amines) is 2. The van der Waals surface area contributed by atoms with Gasteiger partial charge in [-0.25, -0.2) is 4.79 Å². The fraction of sp³-hybridized carbons (Fsp3) is 0.458. The van der Waals surface area contributed by atoms with Crippen LogP contribution in [-0.4, -0.2) is 146 Å². The molecule has 6 heterocycles. The molecular formula is C48H61N3O9S3. The monoisotopic (exact) mass is 919 g/mol. The Morgan fingerprint density at radius 2 is 1.11 bits per heavy atom. The summed E-state index contributed by atoms with van der Waals surface area (Å²) in [7, 11) is 0. The van der Waals surface area contributed by atoms with Gasteiger partial charge in [-0.05, 0) is 130 Å². The molecule has 3 aromatic carbocycles. The molecule has 0 aliphatic carbocycles. The molecule has 0 radical (unpaired) electrons. The number of carbonyl (C=O) groups excluding carboxylic acids is 1. The Morgan fingerprint density at radius 3 is 1.54 bits per heavy atom. The average Bonchev–Trinajstić information content (AvgIpc) is 4.15. The Bertz CT molecular complexity index is 2270. The van der Waals surface area contributed by atoms with Crippen molar-refractivity contribution in [2.45, 2.75) is 56.8 Å². The van der Waals surface area contributed by atoms with E-state index < -0.39 is 5.97 Å². The molecule has 340 valence electrons. The number of fused-ring (bicyclic) bond motifs is 3. The Hall–Kier alpha value is -3.84. The second-order valence-corrected chi connectivity index (χ2v) is 18.6. The van der Waals surface area contributed by atoms with Gasteiger partial charge in [-0.1, -0.05) is 36.4 Å². The summed E-state index contributed by atoms with van der Waals surface area (Å²) < 4.78 is 20.2. The largest absolute Gasteiger partial charge is 0.480 e. The summed E-state index contributed by atoms with van der Waals surface area (Å²) in [5, 5.41) is 49.2. The molecule has 3 saturated heterocycles. The van der Waals surface area contributed by atoms with E-state index in [4.69, 9.17) is 24.4 Å². The maximum Gasteiger partial charge on any atom is 0.329 e. The van der Waals surface area contributed by atoms with Crippen LogP contribution in [0.15, 0.2) is 88.9 Å². The van der Waals surface area contributed by atoms with E-state index in [1.165, 1.54) is 46.9 Å². The first-order valence-electron chi connectivity index (χ1n) is 21.8. The minimum atomic E-state index is -0.922. The standard InChI is InChI=1S/C16H19NO3S.C16H21NO2S.C12H12O3S.C4H9NO/c18-13-4-7-17(10-13)16(19)11-20-8-5-12-2-1-3-15-14(12)6-9-21-15;18-14-4-7-17(12-14)8-10-19-9-5-13-2-1-3-16-15(13)6-11-20-16;13-12(14)8-15-6-4-9-2-1-3-11-10(9)5-7-16-11;6-4-1-2-5-3-4/h1-3,6,9,13,18H,4-5,7-8,10-11H2;1-3,6,11,14,18H,4-5,7-10,12H2;1-3,5,7H,4,6,8H2,(H,13,14);4-6H,1-3H2. The number of amides is 1. The van der Waals surface area contributed by atoms with Crippen LogP contribution in [0, 0.1) is 0 Å². The van der Waals surface area contributed by atoms with Crippen molar-refractivity contribution >= 4 is 76.1 Å². The minimum Gasteiger partial charge on any atom is -0.480 e. The second kappa shape index (κ2) is 26.2. The number of aliphatic carboxylic acids is 1. The fourth-order valence-corrected chi connectivity index (χ4v) is 10.2. The molecule has 15 heteroatoms. The molecule has 1 amide bonds. The van der Waals surface area contributed by atoms with Gasteiger partial charge in [0.1, 0.15) is 13.2 Å². The highest BCUT2D eigenvalue weighted by Crippen LogP contribution is 2.26. The minimum absolute atomic E-state index is 0.0275. The number of carbonyl (C=O) groups is 2. The number of nitrogens with one attached hydrogen (secondary N) is 1. The van der Waals surface area contributed by atoms with E-state index in [0.29, 0.717) is 32.7 Å². The number of hydrogen-bond donors (Lipinski definition) is 5. The van der Waals surface area contributed by atoms with E-state index in [-0.39, 0.29) is 37.4 Å². The summed E-state index contributed by atoms with van der Waals surface area (Å²) >= 11 is 5.24. The lowest BCUT2D eigenvalue weighted by molar-refractivity contribution is -0.142. The highest BCUT2D eigenvalue weighted by molar-refractivity contribution is 7.17. The maximum absolute atomic E-state index is 11.9. The zero-order valence-corrected chi connectivity index (χ0v) is 38.2. The lowest BCUT2D eigenvalue weighted by atomic mass is 10.1. The highest BCUT2D eigenvalue weighted by Gasteiger charge is 2.24. The molecule has 3 fully saturated rings. The molecule has 3 unspecified atom stereocenters. The topological polar surface area (TPSA) is 161 Å². The zero-order chi connectivity index (χ0) is 44.2. The van der Waals surface area contributed by atoms with Crippen LogP contribution in [0.2, 0.25) is 0 Å². The number of hydrogen-bond acceptors (Lipinski definition) is 13. The van der Waals surface area contributed by atoms with Crippen molar-refractivity contribution < 1.29 is 44.2 Å². The van der Waals surface area contributed by atoms with Gasteiger partial charge in [0.15, 0.2) is 0 Å². The molecule has 3 aliphatic rings. The van der Waals surface area contributed by atoms with Gasteiger partial charge >= 0.3 is 5.97 Å². The SMILES string of the molecule is O=C(COCCc1cccc2sccc12)N1CCC(O)C1.O=C(O)COCCc1cccc2sccc12.OC1CCN(CCOCCc2cccc3sccc23)C1.OC1CCNC1. The first kappa shape index (κ1) is 48.6. The molecule has 3 aliphatic heterocycles. The quantitative estimate of drug-likeness (QED) is 0.0678. The molecule has 0 spiro atoms. The van der Waals surface area contributed by atoms with Gasteiger partial charge in [-0.15, -0.1) is 34.0 Å². The van der Waals surface area contributed by atoms with Crippen molar-refractivity contribution in [2.24, 2.45) is 0 Å². The molecule has 0 saturated carbocycles. The first-order chi connectivity index (χ1) is 30.7. The number of carboxylic acid groups (broad SMARTS) is 1. The summed E-state index contributed by atoms with van der Waals surface area (Å²) in [5.41, 5.74) is 3.85. The summed E-state index contributed by atoms with van der Waals surface area (Å²) in [5.74, 6) is -0.950. The molecule has 3 atom stereocenters. The predicted octanol–water partition coefficient (Wildman–Crippen LogP) is 6.47. The van der Waals surface area contributed by atoms with Gasteiger partial charge in [0.05, 0.1) is 44.7 Å². The molecule has 6 aromatic rings. The average molecular weight is 920 g/mol. The van der Waals surface area contributed by atoms with Gasteiger partial charge in [0.2, 0.25) is 5.91 Å². The van der Waals surface area contributed by atoms with Crippen LogP contribution in [0.25, 0.3) is 30.3 Å². The maximum atomic E-state index is 11.9. The van der Waals surface area contributed by atoms with Crippen molar-refractivity contribution in [3.05, 3.63) is 106 Å². The van der Waals surface area contributed by atoms with Gasteiger partial charge in [0.25, 0.3) is 0 Å². The van der Waals surface area contributed by atoms with E-state index in [1.54, 1.807) is 38.9 Å². The predicted molar refractivity (Wildman–Crippen MR) is 254 cm³/mol. The van der Waals surface area contributed by atoms with Crippen LogP contribution in [-0.2, 0) is 43.1 Å². The Morgan fingerprint density at radius 1 is 0.603 bits per heavy atom. The van der Waals surface area contributed by atoms with Gasteiger partial charge in [-0.2, -0.15) is 0 Å². The molecule has 9 rings (SSSR count). The number of thiophene rings is 3. The van der Waals surface area contributed by atoms with E-state index in [0.717, 1.165) is 78.0 Å². The lowest BCUT2D eigenvalue weighted by Gasteiger charge is -2.15. The van der Waals surface area contributed by atoms with Crippen LogP contribution in [0.1, 0.15) is 36.0 Å². The molecule has 0 bridgehead atoms. The number of β-amino-alcohol motifs (C(OH)–C–C–N with tert-alkyl or cyclic N) is 3. The Labute approximate surface area is 381 Å². The number of aliphatic hydroxyl groups is 3. The van der Waals surface area contributed by atoms with Gasteiger partial charge in [-0.3, -0.25) is 9.69 Å². The number of aliphatic hydroxyl groups excluding tert-OH is 3. The van der Waals surface area contributed by atoms with Crippen molar-refractivity contribution in [1.82, 2.24) is 15.1 Å². The zero-order valence-electron chi connectivity index (χ0n) is 35.8. The Balaban J connectivity index is 0.000000148. The van der Waals surface area contributed by atoms with Crippen LogP contribution in [0.4, 0.5) is 0 Å². The molecular weight excluding hydrogens is 859 g/mol. The van der Waals surface area contributed by atoms with Crippen LogP contribution in [0.3, 0.4) is 0 Å². The second-order valence-electron chi connectivity index (χ2n) is 15.8. The lowest BCUT2D eigenvalue weighted by Crippen LogP contribution is -2.32. The van der Waals surface area contributed by atoms with Crippen molar-refractivity contribution in [2.75, 3.05) is 85.5 Å². The summed E-state index contributed by atoms with van der Waals surface area (Å²) in [4.78, 5) is 26.1. The third kappa shape index (κ3) is 16.0. The molecule has 5 N–H and O–H groups in total. The number of rotatable bonds is 16. The Kier molecular flexibility index (Phi) is 20.2. The highest BCUT2D eigenvalue weighted by atomic mass is 32.1.